The Labute approximate surface area is 122 Å². The summed E-state index contributed by atoms with van der Waals surface area (Å²) in [6.45, 7) is 5.17. The number of ether oxygens (including phenoxy) is 1. The Hall–Kier alpha value is -0.900. The Kier molecular flexibility index (Phi) is 5.58. The van der Waals surface area contributed by atoms with E-state index in [4.69, 9.17) is 10.5 Å². The molecule has 2 atom stereocenters. The van der Waals surface area contributed by atoms with Gasteiger partial charge < -0.3 is 15.8 Å². The van der Waals surface area contributed by atoms with E-state index in [0.29, 0.717) is 11.3 Å². The van der Waals surface area contributed by atoms with Crippen molar-refractivity contribution in [2.24, 2.45) is 17.1 Å². The van der Waals surface area contributed by atoms with Gasteiger partial charge in [-0.05, 0) is 42.7 Å². The van der Waals surface area contributed by atoms with Crippen LogP contribution in [0.3, 0.4) is 0 Å². The van der Waals surface area contributed by atoms with Crippen LogP contribution in [-0.4, -0.2) is 26.8 Å². The van der Waals surface area contributed by atoms with Gasteiger partial charge in [0.1, 0.15) is 0 Å². The molecule has 0 aromatic heterocycles. The molecule has 1 saturated carbocycles. The predicted molar refractivity (Wildman–Crippen MR) is 83.6 cm³/mol. The van der Waals surface area contributed by atoms with Crippen LogP contribution in [0.25, 0.3) is 0 Å². The van der Waals surface area contributed by atoms with Crippen LogP contribution in [0.4, 0.5) is 0 Å². The highest BCUT2D eigenvalue weighted by molar-refractivity contribution is 5.19. The van der Waals surface area contributed by atoms with Gasteiger partial charge in [0.05, 0.1) is 0 Å². The lowest BCUT2D eigenvalue weighted by Crippen LogP contribution is -2.33. The molecule has 0 bridgehead atoms. The largest absolute Gasteiger partial charge is 0.385 e. The van der Waals surface area contributed by atoms with Crippen LogP contribution in [-0.2, 0) is 4.74 Å². The van der Waals surface area contributed by atoms with E-state index in [1.807, 2.05) is 6.07 Å². The average Bonchev–Trinajstić information content (AvgIpc) is 3.25. The lowest BCUT2D eigenvalue weighted by atomic mass is 9.95. The van der Waals surface area contributed by atoms with Gasteiger partial charge >= 0.3 is 0 Å². The number of hydrogen-bond donors (Lipinski definition) is 2. The first kappa shape index (κ1) is 15.5. The number of benzene rings is 1. The Bertz CT molecular complexity index is 389. The summed E-state index contributed by atoms with van der Waals surface area (Å²) in [5.74, 6) is 0.440. The number of rotatable bonds is 9. The molecule has 3 nitrogen and oxygen atoms in total. The first-order valence-corrected chi connectivity index (χ1v) is 7.67. The average molecular weight is 276 g/mol. The quantitative estimate of drug-likeness (QED) is 0.729. The number of nitrogens with one attached hydrogen (secondary N) is 1. The molecule has 0 radical (unpaired) electrons. The van der Waals surface area contributed by atoms with Gasteiger partial charge in [0.25, 0.3) is 0 Å². The van der Waals surface area contributed by atoms with Crippen molar-refractivity contribution >= 4 is 0 Å². The molecule has 2 rings (SSSR count). The van der Waals surface area contributed by atoms with Gasteiger partial charge in [-0.15, -0.1) is 0 Å². The summed E-state index contributed by atoms with van der Waals surface area (Å²) in [5.41, 5.74) is 8.06. The molecule has 1 aliphatic rings. The van der Waals surface area contributed by atoms with Gasteiger partial charge in [0.15, 0.2) is 0 Å². The third-order valence-corrected chi connectivity index (χ3v) is 4.56. The molecule has 20 heavy (non-hydrogen) atoms. The molecule has 1 aliphatic carbocycles. The molecular weight excluding hydrogens is 248 g/mol. The molecule has 3 heteroatoms. The first-order chi connectivity index (χ1) is 9.67. The summed E-state index contributed by atoms with van der Waals surface area (Å²) in [4.78, 5) is 0. The maximum Gasteiger partial charge on any atom is 0.0468 e. The van der Waals surface area contributed by atoms with Crippen LogP contribution in [0.15, 0.2) is 30.3 Å². The van der Waals surface area contributed by atoms with Crippen molar-refractivity contribution in [2.45, 2.75) is 32.2 Å². The van der Waals surface area contributed by atoms with Gasteiger partial charge in [-0.2, -0.15) is 0 Å². The van der Waals surface area contributed by atoms with Crippen molar-refractivity contribution in [3.63, 3.8) is 0 Å². The van der Waals surface area contributed by atoms with E-state index in [2.05, 4.69) is 36.5 Å². The summed E-state index contributed by atoms with van der Waals surface area (Å²) in [6.07, 6.45) is 3.85. The summed E-state index contributed by atoms with van der Waals surface area (Å²) in [5, 5.41) is 3.61. The molecule has 0 saturated heterocycles. The lowest BCUT2D eigenvalue weighted by molar-refractivity contribution is 0.170. The van der Waals surface area contributed by atoms with Crippen LogP contribution in [0.2, 0.25) is 0 Å². The van der Waals surface area contributed by atoms with E-state index < -0.39 is 0 Å². The molecule has 2 unspecified atom stereocenters. The zero-order chi connectivity index (χ0) is 14.4. The summed E-state index contributed by atoms with van der Waals surface area (Å²) >= 11 is 0. The fourth-order valence-electron chi connectivity index (χ4n) is 2.71. The van der Waals surface area contributed by atoms with E-state index in [0.717, 1.165) is 19.7 Å². The molecule has 0 amide bonds. The van der Waals surface area contributed by atoms with E-state index in [1.54, 1.807) is 7.11 Å². The van der Waals surface area contributed by atoms with Gasteiger partial charge in [-0.3, -0.25) is 0 Å². The molecule has 3 N–H and O–H groups in total. The van der Waals surface area contributed by atoms with Crippen molar-refractivity contribution in [3.05, 3.63) is 35.9 Å². The molecule has 0 spiro atoms. The molecule has 0 aliphatic heterocycles. The Morgan fingerprint density at radius 1 is 1.30 bits per heavy atom. The minimum Gasteiger partial charge on any atom is -0.385 e. The topological polar surface area (TPSA) is 47.3 Å². The molecule has 112 valence electrons. The molecule has 1 aromatic carbocycles. The van der Waals surface area contributed by atoms with Crippen molar-refractivity contribution in [2.75, 3.05) is 26.8 Å². The number of methoxy groups -OCH3 is 1. The smallest absolute Gasteiger partial charge is 0.0468 e. The summed E-state index contributed by atoms with van der Waals surface area (Å²) in [7, 11) is 1.78. The van der Waals surface area contributed by atoms with Gasteiger partial charge in [-0.25, -0.2) is 0 Å². The van der Waals surface area contributed by atoms with Crippen LogP contribution in [0, 0.1) is 11.3 Å². The third-order valence-electron chi connectivity index (χ3n) is 4.56. The van der Waals surface area contributed by atoms with Crippen molar-refractivity contribution in [3.8, 4) is 0 Å². The van der Waals surface area contributed by atoms with Gasteiger partial charge in [0, 0.05) is 26.3 Å². The SMILES string of the molecule is COCCC1(CNCC(C)C(N)c2ccccc2)CC1. The first-order valence-electron chi connectivity index (χ1n) is 7.67. The van der Waals surface area contributed by atoms with Crippen molar-refractivity contribution in [1.29, 1.82) is 0 Å². The zero-order valence-electron chi connectivity index (χ0n) is 12.8. The Morgan fingerprint density at radius 3 is 2.60 bits per heavy atom. The van der Waals surface area contributed by atoms with Crippen molar-refractivity contribution < 1.29 is 4.74 Å². The standard InChI is InChI=1S/C17H28N2O/c1-14(16(18)15-6-4-3-5-7-15)12-19-13-17(8-9-17)10-11-20-2/h3-7,14,16,19H,8-13,18H2,1-2H3. The van der Waals surface area contributed by atoms with E-state index in [9.17, 15) is 0 Å². The fraction of sp³-hybridized carbons (Fsp3) is 0.647. The highest BCUT2D eigenvalue weighted by Gasteiger charge is 2.41. The van der Waals surface area contributed by atoms with Crippen LogP contribution in [0.1, 0.15) is 37.8 Å². The Morgan fingerprint density at radius 2 is 2.00 bits per heavy atom. The van der Waals surface area contributed by atoms with E-state index >= 15 is 0 Å². The van der Waals surface area contributed by atoms with Gasteiger partial charge in [0.2, 0.25) is 0 Å². The second-order valence-corrected chi connectivity index (χ2v) is 6.29. The highest BCUT2D eigenvalue weighted by Crippen LogP contribution is 2.48. The van der Waals surface area contributed by atoms with Crippen LogP contribution in [0.5, 0.6) is 0 Å². The zero-order valence-corrected chi connectivity index (χ0v) is 12.8. The fourth-order valence-corrected chi connectivity index (χ4v) is 2.71. The highest BCUT2D eigenvalue weighted by atomic mass is 16.5. The summed E-state index contributed by atoms with van der Waals surface area (Å²) in [6, 6.07) is 10.5. The Balaban J connectivity index is 1.71. The van der Waals surface area contributed by atoms with E-state index in [1.165, 1.54) is 24.8 Å². The number of nitrogens with two attached hydrogens (primary N) is 1. The second kappa shape index (κ2) is 7.21. The number of hydrogen-bond acceptors (Lipinski definition) is 3. The molecular formula is C17H28N2O. The molecule has 0 heterocycles. The third kappa shape index (κ3) is 4.30. The summed E-state index contributed by atoms with van der Waals surface area (Å²) < 4.78 is 5.19. The van der Waals surface area contributed by atoms with E-state index in [-0.39, 0.29) is 6.04 Å². The second-order valence-electron chi connectivity index (χ2n) is 6.29. The van der Waals surface area contributed by atoms with Gasteiger partial charge in [-0.1, -0.05) is 37.3 Å². The molecule has 1 fully saturated rings. The minimum atomic E-state index is 0.109. The van der Waals surface area contributed by atoms with Crippen molar-refractivity contribution in [1.82, 2.24) is 5.32 Å². The maximum absolute atomic E-state index is 6.32. The van der Waals surface area contributed by atoms with Crippen LogP contribution >= 0.6 is 0 Å². The lowest BCUT2D eigenvalue weighted by Gasteiger charge is -2.22. The van der Waals surface area contributed by atoms with Crippen LogP contribution < -0.4 is 11.1 Å². The predicted octanol–water partition coefficient (Wildman–Crippen LogP) is 2.73. The molecule has 1 aromatic rings. The minimum absolute atomic E-state index is 0.109. The monoisotopic (exact) mass is 276 g/mol. The normalized spacial score (nSPS) is 19.6. The maximum atomic E-state index is 6.32.